The lowest BCUT2D eigenvalue weighted by atomic mass is 9.73. The summed E-state index contributed by atoms with van der Waals surface area (Å²) in [6.45, 7) is 8.74. The number of nitrogens with one attached hydrogen (secondary N) is 1. The topological polar surface area (TPSA) is 24.9 Å². The zero-order valence-electron chi connectivity index (χ0n) is 12.7. The van der Waals surface area contributed by atoms with Crippen molar-refractivity contribution in [2.24, 2.45) is 0 Å². The summed E-state index contributed by atoms with van der Waals surface area (Å²) >= 11 is 5.39. The summed E-state index contributed by atoms with van der Waals surface area (Å²) in [6.07, 6.45) is 1.02. The fraction of sp³-hybridized carbons (Fsp3) is 0.471. The van der Waals surface area contributed by atoms with Crippen molar-refractivity contribution in [3.63, 3.8) is 0 Å². The third kappa shape index (κ3) is 3.08. The lowest BCUT2D eigenvalue weighted by Gasteiger charge is -2.43. The maximum Gasteiger partial charge on any atom is 0.0938 e. The Bertz CT molecular complexity index is 638. The quantitative estimate of drug-likeness (QED) is 0.878. The van der Waals surface area contributed by atoms with Gasteiger partial charge in [0.1, 0.15) is 0 Å². The van der Waals surface area contributed by atoms with Crippen LogP contribution in [0.25, 0.3) is 0 Å². The molecule has 1 aromatic carbocycles. The van der Waals surface area contributed by atoms with Crippen LogP contribution in [0.4, 0.5) is 0 Å². The van der Waals surface area contributed by atoms with Gasteiger partial charge in [0.2, 0.25) is 0 Å². The van der Waals surface area contributed by atoms with Crippen molar-refractivity contribution < 1.29 is 0 Å². The zero-order chi connectivity index (χ0) is 15.1. The van der Waals surface area contributed by atoms with Gasteiger partial charge in [0.05, 0.1) is 10.7 Å². The van der Waals surface area contributed by atoms with E-state index in [9.17, 15) is 0 Å². The lowest BCUT2D eigenvalue weighted by Crippen LogP contribution is -2.58. The highest BCUT2D eigenvalue weighted by Gasteiger charge is 2.39. The Hall–Kier alpha value is -0.710. The average Bonchev–Trinajstić information content (AvgIpc) is 2.82. The number of hydrogen-bond donors (Lipinski definition) is 1. The molecule has 1 aliphatic rings. The number of nitrogens with zero attached hydrogens (tertiary/aromatic N) is 1. The van der Waals surface area contributed by atoms with Crippen molar-refractivity contribution in [3.8, 4) is 0 Å². The molecule has 112 valence electrons. The third-order valence-electron chi connectivity index (χ3n) is 4.17. The van der Waals surface area contributed by atoms with E-state index >= 15 is 0 Å². The Morgan fingerprint density at radius 2 is 2.10 bits per heavy atom. The van der Waals surface area contributed by atoms with Crippen LogP contribution >= 0.6 is 27.3 Å². The fourth-order valence-corrected chi connectivity index (χ4v) is 4.27. The molecule has 1 aromatic heterocycles. The summed E-state index contributed by atoms with van der Waals surface area (Å²) in [7, 11) is 0. The first-order valence-electron chi connectivity index (χ1n) is 7.31. The highest BCUT2D eigenvalue weighted by molar-refractivity contribution is 9.10. The molecule has 1 fully saturated rings. The molecular formula is C17H21BrN2S. The maximum atomic E-state index is 4.88. The zero-order valence-corrected chi connectivity index (χ0v) is 15.1. The number of rotatable bonds is 3. The van der Waals surface area contributed by atoms with E-state index in [1.807, 2.05) is 0 Å². The number of aromatic nitrogens is 1. The monoisotopic (exact) mass is 364 g/mol. The van der Waals surface area contributed by atoms with Crippen LogP contribution < -0.4 is 5.32 Å². The summed E-state index contributed by atoms with van der Waals surface area (Å²) in [5.74, 6) is 0. The van der Waals surface area contributed by atoms with Crippen LogP contribution in [0, 0.1) is 0 Å². The van der Waals surface area contributed by atoms with Crippen molar-refractivity contribution in [2.45, 2.75) is 38.0 Å². The third-order valence-corrected chi connectivity index (χ3v) is 5.52. The average molecular weight is 365 g/mol. The molecule has 1 aliphatic heterocycles. The van der Waals surface area contributed by atoms with Gasteiger partial charge in [-0.25, -0.2) is 4.98 Å². The van der Waals surface area contributed by atoms with Crippen LogP contribution in [0.5, 0.6) is 0 Å². The second-order valence-corrected chi connectivity index (χ2v) is 8.81. The minimum Gasteiger partial charge on any atom is -0.315 e. The van der Waals surface area contributed by atoms with Gasteiger partial charge in [-0.3, -0.25) is 0 Å². The largest absolute Gasteiger partial charge is 0.315 e. The Kier molecular flexibility index (Phi) is 3.97. The van der Waals surface area contributed by atoms with Crippen LogP contribution in [-0.4, -0.2) is 18.1 Å². The lowest BCUT2D eigenvalue weighted by molar-refractivity contribution is 0.274. The van der Waals surface area contributed by atoms with Gasteiger partial charge in [-0.1, -0.05) is 48.8 Å². The van der Waals surface area contributed by atoms with E-state index in [2.05, 4.69) is 71.7 Å². The molecule has 0 atom stereocenters. The molecule has 21 heavy (non-hydrogen) atoms. The molecule has 0 saturated carbocycles. The fourth-order valence-electron chi connectivity index (χ4n) is 2.70. The molecule has 4 heteroatoms. The SMILES string of the molecule is CC(C)(C)c1csc(CC2(c3cccc(Br)c3)CNC2)n1. The maximum absolute atomic E-state index is 4.88. The van der Waals surface area contributed by atoms with Crippen LogP contribution in [0.15, 0.2) is 34.1 Å². The molecule has 0 radical (unpaired) electrons. The van der Waals surface area contributed by atoms with Crippen LogP contribution in [0.1, 0.15) is 37.0 Å². The molecule has 0 bridgehead atoms. The summed E-state index contributed by atoms with van der Waals surface area (Å²) in [5, 5.41) is 6.91. The van der Waals surface area contributed by atoms with E-state index in [4.69, 9.17) is 4.98 Å². The Labute approximate surface area is 139 Å². The summed E-state index contributed by atoms with van der Waals surface area (Å²) in [5.41, 5.74) is 2.95. The molecule has 0 unspecified atom stereocenters. The Morgan fingerprint density at radius 1 is 1.33 bits per heavy atom. The van der Waals surface area contributed by atoms with E-state index in [1.54, 1.807) is 11.3 Å². The predicted octanol–water partition coefficient (Wildman–Crippen LogP) is 4.29. The first-order chi connectivity index (χ1) is 9.89. The highest BCUT2D eigenvalue weighted by Crippen LogP contribution is 2.35. The van der Waals surface area contributed by atoms with Gasteiger partial charge in [0.15, 0.2) is 0 Å². The van der Waals surface area contributed by atoms with Gasteiger partial charge < -0.3 is 5.32 Å². The second kappa shape index (κ2) is 5.49. The second-order valence-electron chi connectivity index (χ2n) is 6.95. The number of thiazole rings is 1. The number of hydrogen-bond acceptors (Lipinski definition) is 3. The van der Waals surface area contributed by atoms with Gasteiger partial charge in [0, 0.05) is 40.2 Å². The van der Waals surface area contributed by atoms with E-state index in [0.717, 1.165) is 24.0 Å². The summed E-state index contributed by atoms with van der Waals surface area (Å²) < 4.78 is 1.15. The number of halogens is 1. The van der Waals surface area contributed by atoms with Crippen molar-refractivity contribution in [3.05, 3.63) is 50.4 Å². The Balaban J connectivity index is 1.86. The van der Waals surface area contributed by atoms with E-state index < -0.39 is 0 Å². The number of benzene rings is 1. The molecule has 3 rings (SSSR count). The van der Waals surface area contributed by atoms with Gasteiger partial charge in [0.25, 0.3) is 0 Å². The molecular weight excluding hydrogens is 344 g/mol. The van der Waals surface area contributed by atoms with E-state index in [1.165, 1.54) is 16.3 Å². The minimum atomic E-state index is 0.134. The highest BCUT2D eigenvalue weighted by atomic mass is 79.9. The van der Waals surface area contributed by atoms with Gasteiger partial charge in [-0.15, -0.1) is 11.3 Å². The Morgan fingerprint density at radius 3 is 2.62 bits per heavy atom. The molecule has 2 heterocycles. The van der Waals surface area contributed by atoms with Gasteiger partial charge in [-0.05, 0) is 17.7 Å². The molecule has 0 aliphatic carbocycles. The van der Waals surface area contributed by atoms with Crippen LogP contribution in [-0.2, 0) is 17.3 Å². The first-order valence-corrected chi connectivity index (χ1v) is 8.98. The molecule has 2 aromatic rings. The van der Waals surface area contributed by atoms with Crippen LogP contribution in [0.3, 0.4) is 0 Å². The van der Waals surface area contributed by atoms with Gasteiger partial charge in [-0.2, -0.15) is 0 Å². The summed E-state index contributed by atoms with van der Waals surface area (Å²) in [4.78, 5) is 4.88. The van der Waals surface area contributed by atoms with Gasteiger partial charge >= 0.3 is 0 Å². The van der Waals surface area contributed by atoms with Crippen molar-refractivity contribution in [1.82, 2.24) is 10.3 Å². The molecule has 0 amide bonds. The van der Waals surface area contributed by atoms with Crippen molar-refractivity contribution >= 4 is 27.3 Å². The smallest absolute Gasteiger partial charge is 0.0938 e. The molecule has 1 N–H and O–H groups in total. The summed E-state index contributed by atoms with van der Waals surface area (Å²) in [6, 6.07) is 8.70. The predicted molar refractivity (Wildman–Crippen MR) is 93.2 cm³/mol. The minimum absolute atomic E-state index is 0.134. The van der Waals surface area contributed by atoms with E-state index in [0.29, 0.717) is 0 Å². The van der Waals surface area contributed by atoms with Crippen molar-refractivity contribution in [2.75, 3.05) is 13.1 Å². The standard InChI is InChI=1S/C17H21BrN2S/c1-16(2,3)14-9-21-15(20-14)8-17(10-19-11-17)12-5-4-6-13(18)7-12/h4-7,9,19H,8,10-11H2,1-3H3. The molecule has 0 spiro atoms. The molecule has 1 saturated heterocycles. The van der Waals surface area contributed by atoms with Crippen LogP contribution in [0.2, 0.25) is 0 Å². The van der Waals surface area contributed by atoms with E-state index in [-0.39, 0.29) is 10.8 Å². The molecule has 2 nitrogen and oxygen atoms in total. The first kappa shape index (κ1) is 15.2. The van der Waals surface area contributed by atoms with Crippen molar-refractivity contribution in [1.29, 1.82) is 0 Å². The normalized spacial score (nSPS) is 17.5.